The number of nitrogens with zero attached hydrogens (tertiary/aromatic N) is 1. The molecule has 0 amide bonds. The molecule has 1 atom stereocenters. The Kier molecular flexibility index (Phi) is 6.85. The van der Waals surface area contributed by atoms with Gasteiger partial charge in [-0.05, 0) is 42.2 Å². The minimum atomic E-state index is -0.522. The predicted molar refractivity (Wildman–Crippen MR) is 101 cm³/mol. The predicted octanol–water partition coefficient (Wildman–Crippen LogP) is 1.54. The van der Waals surface area contributed by atoms with Gasteiger partial charge in [-0.1, -0.05) is 30.3 Å². The summed E-state index contributed by atoms with van der Waals surface area (Å²) in [6.07, 6.45) is 1.29. The number of β-amino-alcohol motifs (C(OH)–C–C–N with tert-alkyl or cyclic N) is 1. The number of methoxy groups -OCH3 is 1. The lowest BCUT2D eigenvalue weighted by atomic mass is 10.0. The first kappa shape index (κ1) is 18.7. The van der Waals surface area contributed by atoms with Crippen LogP contribution in [0.5, 0.6) is 11.5 Å². The van der Waals surface area contributed by atoms with Crippen LogP contribution in [0.4, 0.5) is 0 Å². The van der Waals surface area contributed by atoms with E-state index in [2.05, 4.69) is 34.0 Å². The largest absolute Gasteiger partial charge is 0.497 e. The van der Waals surface area contributed by atoms with Gasteiger partial charge in [0.1, 0.15) is 24.2 Å². The standard InChI is InChI=1S/C20H27N3O3/c1-25-19-10-7-16(8-11-19)6-9-17-4-2-3-5-20(17)26-13-18(24)12-23-14-21-22-15-23/h2-5,7-8,10-11,18,21-22,24H,6,9,12-15H2,1H3. The van der Waals surface area contributed by atoms with Crippen molar-refractivity contribution in [1.82, 2.24) is 15.8 Å². The van der Waals surface area contributed by atoms with Crippen molar-refractivity contribution in [2.24, 2.45) is 0 Å². The Morgan fingerprint density at radius 1 is 1.04 bits per heavy atom. The van der Waals surface area contributed by atoms with E-state index in [0.29, 0.717) is 6.54 Å². The van der Waals surface area contributed by atoms with Gasteiger partial charge < -0.3 is 14.6 Å². The zero-order chi connectivity index (χ0) is 18.2. The van der Waals surface area contributed by atoms with E-state index < -0.39 is 6.10 Å². The summed E-state index contributed by atoms with van der Waals surface area (Å²) in [6, 6.07) is 16.2. The second kappa shape index (κ2) is 9.54. The number of ether oxygens (including phenoxy) is 2. The van der Waals surface area contributed by atoms with Crippen molar-refractivity contribution in [3.63, 3.8) is 0 Å². The molecule has 3 rings (SSSR count). The van der Waals surface area contributed by atoms with Crippen LogP contribution in [0.15, 0.2) is 48.5 Å². The molecule has 1 saturated heterocycles. The molecule has 1 fully saturated rings. The van der Waals surface area contributed by atoms with Gasteiger partial charge in [-0.15, -0.1) is 0 Å². The summed E-state index contributed by atoms with van der Waals surface area (Å²) in [5, 5.41) is 10.2. The first-order valence-electron chi connectivity index (χ1n) is 8.94. The van der Waals surface area contributed by atoms with Gasteiger partial charge in [0.15, 0.2) is 0 Å². The number of hydrogen-bond donors (Lipinski definition) is 3. The van der Waals surface area contributed by atoms with Crippen molar-refractivity contribution < 1.29 is 14.6 Å². The van der Waals surface area contributed by atoms with Crippen LogP contribution in [-0.4, -0.2) is 49.7 Å². The molecule has 26 heavy (non-hydrogen) atoms. The smallest absolute Gasteiger partial charge is 0.122 e. The number of rotatable bonds is 9. The SMILES string of the molecule is COc1ccc(CCc2ccccc2OCC(O)CN2CNNC2)cc1. The van der Waals surface area contributed by atoms with Crippen LogP contribution >= 0.6 is 0 Å². The van der Waals surface area contributed by atoms with Gasteiger partial charge in [-0.25, -0.2) is 10.9 Å². The summed E-state index contributed by atoms with van der Waals surface area (Å²) in [5.41, 5.74) is 8.44. The fourth-order valence-electron chi connectivity index (χ4n) is 2.98. The van der Waals surface area contributed by atoms with Crippen LogP contribution < -0.4 is 20.3 Å². The Labute approximate surface area is 154 Å². The Morgan fingerprint density at radius 2 is 1.77 bits per heavy atom. The highest BCUT2D eigenvalue weighted by molar-refractivity contribution is 5.35. The van der Waals surface area contributed by atoms with E-state index in [1.54, 1.807) is 7.11 Å². The van der Waals surface area contributed by atoms with E-state index in [4.69, 9.17) is 9.47 Å². The van der Waals surface area contributed by atoms with Crippen molar-refractivity contribution >= 4 is 0 Å². The zero-order valence-corrected chi connectivity index (χ0v) is 15.1. The minimum Gasteiger partial charge on any atom is -0.497 e. The third kappa shape index (κ3) is 5.44. The summed E-state index contributed by atoms with van der Waals surface area (Å²) in [7, 11) is 1.67. The van der Waals surface area contributed by atoms with Crippen molar-refractivity contribution in [3.8, 4) is 11.5 Å². The number of benzene rings is 2. The molecule has 2 aromatic carbocycles. The molecule has 3 N–H and O–H groups in total. The fraction of sp³-hybridized carbons (Fsp3) is 0.400. The summed E-state index contributed by atoms with van der Waals surface area (Å²) in [6.45, 7) is 2.33. The molecule has 0 spiro atoms. The molecule has 0 saturated carbocycles. The highest BCUT2D eigenvalue weighted by Crippen LogP contribution is 2.21. The van der Waals surface area contributed by atoms with E-state index in [1.165, 1.54) is 5.56 Å². The Balaban J connectivity index is 1.51. The normalized spacial score (nSPS) is 15.8. The van der Waals surface area contributed by atoms with Crippen molar-refractivity contribution in [2.75, 3.05) is 33.6 Å². The van der Waals surface area contributed by atoms with E-state index in [0.717, 1.165) is 43.2 Å². The van der Waals surface area contributed by atoms with E-state index in [1.807, 2.05) is 30.3 Å². The molecule has 0 radical (unpaired) electrons. The fourth-order valence-corrected chi connectivity index (χ4v) is 2.98. The van der Waals surface area contributed by atoms with E-state index in [9.17, 15) is 5.11 Å². The Bertz CT molecular complexity index is 672. The number of nitrogens with one attached hydrogen (secondary N) is 2. The van der Waals surface area contributed by atoms with Crippen molar-refractivity contribution in [1.29, 1.82) is 0 Å². The second-order valence-corrected chi connectivity index (χ2v) is 6.44. The molecule has 2 aromatic rings. The maximum atomic E-state index is 10.2. The van der Waals surface area contributed by atoms with Crippen LogP contribution in [0.3, 0.4) is 0 Å². The van der Waals surface area contributed by atoms with Gasteiger partial charge in [0, 0.05) is 6.54 Å². The number of aryl methyl sites for hydroxylation is 2. The summed E-state index contributed by atoms with van der Waals surface area (Å²) in [5.74, 6) is 1.72. The number of aliphatic hydroxyl groups is 1. The molecular weight excluding hydrogens is 330 g/mol. The Hall–Kier alpha value is -2.12. The van der Waals surface area contributed by atoms with Crippen LogP contribution in [0.1, 0.15) is 11.1 Å². The second-order valence-electron chi connectivity index (χ2n) is 6.44. The zero-order valence-electron chi connectivity index (χ0n) is 15.1. The lowest BCUT2D eigenvalue weighted by molar-refractivity contribution is 0.0744. The molecule has 1 aliphatic rings. The molecule has 140 valence electrons. The molecule has 0 bridgehead atoms. The van der Waals surface area contributed by atoms with E-state index in [-0.39, 0.29) is 6.61 Å². The van der Waals surface area contributed by atoms with Crippen LogP contribution in [0.2, 0.25) is 0 Å². The summed E-state index contributed by atoms with van der Waals surface area (Å²) in [4.78, 5) is 2.09. The quantitative estimate of drug-likeness (QED) is 0.633. The molecule has 0 aliphatic carbocycles. The van der Waals surface area contributed by atoms with Gasteiger partial charge >= 0.3 is 0 Å². The lowest BCUT2D eigenvalue weighted by Crippen LogP contribution is -2.35. The van der Waals surface area contributed by atoms with Gasteiger partial charge in [0.05, 0.1) is 20.4 Å². The Morgan fingerprint density at radius 3 is 2.50 bits per heavy atom. The van der Waals surface area contributed by atoms with Crippen molar-refractivity contribution in [3.05, 3.63) is 59.7 Å². The first-order valence-corrected chi connectivity index (χ1v) is 8.94. The monoisotopic (exact) mass is 357 g/mol. The molecule has 0 aromatic heterocycles. The van der Waals surface area contributed by atoms with Gasteiger partial charge in [-0.2, -0.15) is 0 Å². The lowest BCUT2D eigenvalue weighted by Gasteiger charge is -2.19. The van der Waals surface area contributed by atoms with Gasteiger partial charge in [-0.3, -0.25) is 4.90 Å². The highest BCUT2D eigenvalue weighted by atomic mass is 16.5. The minimum absolute atomic E-state index is 0.288. The molecule has 1 unspecified atom stereocenters. The van der Waals surface area contributed by atoms with Gasteiger partial charge in [0.2, 0.25) is 0 Å². The number of hydrazine groups is 1. The summed E-state index contributed by atoms with van der Waals surface area (Å²) >= 11 is 0. The molecule has 6 heteroatoms. The number of para-hydroxylation sites is 1. The molecular formula is C20H27N3O3. The number of hydrogen-bond acceptors (Lipinski definition) is 6. The van der Waals surface area contributed by atoms with Crippen LogP contribution in [0.25, 0.3) is 0 Å². The molecule has 1 aliphatic heterocycles. The average molecular weight is 357 g/mol. The summed E-state index contributed by atoms with van der Waals surface area (Å²) < 4.78 is 11.1. The van der Waals surface area contributed by atoms with E-state index >= 15 is 0 Å². The topological polar surface area (TPSA) is 66.0 Å². The number of aliphatic hydroxyl groups excluding tert-OH is 1. The first-order chi connectivity index (χ1) is 12.7. The molecule has 6 nitrogen and oxygen atoms in total. The molecule has 1 heterocycles. The van der Waals surface area contributed by atoms with Gasteiger partial charge in [0.25, 0.3) is 0 Å². The maximum absolute atomic E-state index is 10.2. The maximum Gasteiger partial charge on any atom is 0.122 e. The van der Waals surface area contributed by atoms with Crippen molar-refractivity contribution in [2.45, 2.75) is 18.9 Å². The third-order valence-corrected chi connectivity index (χ3v) is 4.45. The van der Waals surface area contributed by atoms with Crippen LogP contribution in [-0.2, 0) is 12.8 Å². The highest BCUT2D eigenvalue weighted by Gasteiger charge is 2.16. The third-order valence-electron chi connectivity index (χ3n) is 4.45. The average Bonchev–Trinajstić information content (AvgIpc) is 3.18. The van der Waals surface area contributed by atoms with Crippen LogP contribution in [0, 0.1) is 0 Å².